The Balaban J connectivity index is 1.12. The Morgan fingerprint density at radius 1 is 0.536 bits per heavy atom. The first-order valence-electron chi connectivity index (χ1n) is 18.8. The molecular weight excluding hydrogens is 753 g/mol. The quantitative estimate of drug-likeness (QED) is 0.162. The molecule has 0 radical (unpaired) electrons. The lowest BCUT2D eigenvalue weighted by Crippen LogP contribution is -2.42. The van der Waals surface area contributed by atoms with Crippen LogP contribution in [0.15, 0.2) is 94.7 Å². The predicted octanol–water partition coefficient (Wildman–Crippen LogP) is 7.21. The molecule has 0 bridgehead atoms. The van der Waals surface area contributed by atoms with E-state index in [1.165, 1.54) is 71.4 Å². The van der Waals surface area contributed by atoms with Crippen LogP contribution in [0.2, 0.25) is 0 Å². The number of methoxy groups -OCH3 is 2. The maximum atomic E-state index is 13.3. The minimum atomic E-state index is -3.68. The van der Waals surface area contributed by atoms with E-state index in [0.29, 0.717) is 60.2 Å². The molecule has 0 unspecified atom stereocenters. The van der Waals surface area contributed by atoms with Crippen LogP contribution in [0.1, 0.15) is 61.3 Å². The first-order valence-corrected chi connectivity index (χ1v) is 21.7. The van der Waals surface area contributed by atoms with Gasteiger partial charge in [0.25, 0.3) is 11.8 Å². The molecule has 2 fully saturated rings. The largest absolute Gasteiger partial charge is 0.495 e. The number of carbonyl (C=O) groups excluding carboxylic acids is 2. The minimum Gasteiger partial charge on any atom is -0.495 e. The third kappa shape index (κ3) is 8.94. The molecule has 0 saturated carbocycles. The summed E-state index contributed by atoms with van der Waals surface area (Å²) in [6, 6.07) is 22.4. The third-order valence-electron chi connectivity index (χ3n) is 10.4. The van der Waals surface area contributed by atoms with Crippen molar-refractivity contribution in [2.75, 3.05) is 51.0 Å². The van der Waals surface area contributed by atoms with Gasteiger partial charge < -0.3 is 20.1 Å². The molecular formula is C42H50N4O8S2. The summed E-state index contributed by atoms with van der Waals surface area (Å²) in [6.45, 7) is 10.1. The van der Waals surface area contributed by atoms with Crippen LogP contribution >= 0.6 is 0 Å². The predicted molar refractivity (Wildman–Crippen MR) is 217 cm³/mol. The van der Waals surface area contributed by atoms with E-state index in [0.717, 1.165) is 24.0 Å². The molecule has 4 aromatic carbocycles. The summed E-state index contributed by atoms with van der Waals surface area (Å²) in [7, 11) is -4.37. The van der Waals surface area contributed by atoms with Crippen molar-refractivity contribution in [1.82, 2.24) is 8.61 Å². The molecule has 0 spiro atoms. The Hall–Kier alpha value is -4.76. The van der Waals surface area contributed by atoms with Crippen molar-refractivity contribution in [2.45, 2.75) is 50.3 Å². The molecule has 2 aliphatic heterocycles. The summed E-state index contributed by atoms with van der Waals surface area (Å²) in [5, 5.41) is 5.72. The Kier molecular flexibility index (Phi) is 12.2. The van der Waals surface area contributed by atoms with E-state index >= 15 is 0 Å². The molecule has 2 heterocycles. The molecule has 298 valence electrons. The van der Waals surface area contributed by atoms with E-state index in [-0.39, 0.29) is 33.5 Å². The van der Waals surface area contributed by atoms with Gasteiger partial charge in [0.1, 0.15) is 11.5 Å². The zero-order valence-electron chi connectivity index (χ0n) is 32.6. The van der Waals surface area contributed by atoms with Gasteiger partial charge in [-0.2, -0.15) is 8.61 Å². The fraction of sp³-hybridized carbons (Fsp3) is 0.381. The smallest absolute Gasteiger partial charge is 0.255 e. The van der Waals surface area contributed by atoms with Gasteiger partial charge in [0.05, 0.1) is 35.4 Å². The number of hydrogen-bond acceptors (Lipinski definition) is 8. The standard InChI is InChI=1S/C42H50N4O8S2/c1-27-19-28(2)24-45(23-27)55(49,50)35-13-7-31(8-14-35)41(47)43-37-17-11-33(21-39(37)53-5)34-12-18-38(40(22-34)54-6)44-42(48)32-9-15-36(16-10-32)56(51,52)46-25-29(3)20-30(4)26-46/h7-18,21-22,27-30H,19-20,23-26H2,1-6H3,(H,43,47)(H,44,48)/t27-,28+,29-,30+. The van der Waals surface area contributed by atoms with Gasteiger partial charge in [0, 0.05) is 37.3 Å². The van der Waals surface area contributed by atoms with Crippen LogP contribution in [0.25, 0.3) is 11.1 Å². The fourth-order valence-corrected chi connectivity index (χ4v) is 11.2. The van der Waals surface area contributed by atoms with Crippen molar-refractivity contribution in [3.8, 4) is 22.6 Å². The van der Waals surface area contributed by atoms with E-state index in [9.17, 15) is 26.4 Å². The topological polar surface area (TPSA) is 151 Å². The van der Waals surface area contributed by atoms with Gasteiger partial charge in [-0.25, -0.2) is 16.8 Å². The van der Waals surface area contributed by atoms with Crippen LogP contribution in [0.5, 0.6) is 11.5 Å². The van der Waals surface area contributed by atoms with Gasteiger partial charge in [-0.1, -0.05) is 39.8 Å². The lowest BCUT2D eigenvalue weighted by molar-refractivity contribution is 0.101. The van der Waals surface area contributed by atoms with Crippen molar-refractivity contribution in [1.29, 1.82) is 0 Å². The number of ether oxygens (including phenoxy) is 2. The van der Waals surface area contributed by atoms with Crippen LogP contribution in [-0.4, -0.2) is 77.7 Å². The third-order valence-corrected chi connectivity index (χ3v) is 14.1. The molecule has 4 aromatic rings. The second kappa shape index (κ2) is 16.8. The van der Waals surface area contributed by atoms with Crippen molar-refractivity contribution in [3.63, 3.8) is 0 Å². The first kappa shape index (κ1) is 40.9. The highest BCUT2D eigenvalue weighted by Gasteiger charge is 2.33. The van der Waals surface area contributed by atoms with Crippen LogP contribution < -0.4 is 20.1 Å². The van der Waals surface area contributed by atoms with Gasteiger partial charge in [-0.15, -0.1) is 0 Å². The normalized spacial score (nSPS) is 20.9. The van der Waals surface area contributed by atoms with E-state index in [4.69, 9.17) is 9.47 Å². The van der Waals surface area contributed by atoms with E-state index in [1.54, 1.807) is 24.3 Å². The number of rotatable bonds is 11. The molecule has 2 saturated heterocycles. The van der Waals surface area contributed by atoms with Crippen LogP contribution in [0.4, 0.5) is 11.4 Å². The van der Waals surface area contributed by atoms with E-state index in [1.807, 2.05) is 12.1 Å². The molecule has 0 aliphatic carbocycles. The van der Waals surface area contributed by atoms with Crippen LogP contribution in [-0.2, 0) is 20.0 Å². The van der Waals surface area contributed by atoms with E-state index < -0.39 is 31.9 Å². The molecule has 2 amide bonds. The number of nitrogens with one attached hydrogen (secondary N) is 2. The Morgan fingerprint density at radius 2 is 0.857 bits per heavy atom. The molecule has 4 atom stereocenters. The summed E-state index contributed by atoms with van der Waals surface area (Å²) < 4.78 is 67.5. The number of anilines is 2. The van der Waals surface area contributed by atoms with Crippen molar-refractivity contribution < 1.29 is 35.9 Å². The Labute approximate surface area is 330 Å². The number of amides is 2. The SMILES string of the molecule is COc1cc(-c2ccc(NC(=O)c3ccc(S(=O)(=O)N4C[C@H](C)C[C@H](C)C4)cc3)c(OC)c2)ccc1NC(=O)c1ccc(S(=O)(=O)N2C[C@H](C)C[C@H](C)C2)cc1. The summed E-state index contributed by atoms with van der Waals surface area (Å²) in [4.78, 5) is 26.8. The van der Waals surface area contributed by atoms with Crippen molar-refractivity contribution in [3.05, 3.63) is 96.1 Å². The first-order chi connectivity index (χ1) is 26.6. The molecule has 6 rings (SSSR count). The summed E-state index contributed by atoms with van der Waals surface area (Å²) in [6.07, 6.45) is 1.98. The van der Waals surface area contributed by atoms with Gasteiger partial charge >= 0.3 is 0 Å². The lowest BCUT2D eigenvalue weighted by atomic mass is 9.94. The zero-order valence-corrected chi connectivity index (χ0v) is 34.2. The van der Waals surface area contributed by atoms with Crippen LogP contribution in [0, 0.1) is 23.7 Å². The molecule has 56 heavy (non-hydrogen) atoms. The highest BCUT2D eigenvalue weighted by atomic mass is 32.2. The van der Waals surface area contributed by atoms with Crippen molar-refractivity contribution in [2.24, 2.45) is 23.7 Å². The fourth-order valence-electron chi connectivity index (χ4n) is 7.80. The number of benzene rings is 4. The summed E-state index contributed by atoms with van der Waals surface area (Å²) >= 11 is 0. The Bertz CT molecular complexity index is 2110. The van der Waals surface area contributed by atoms with Gasteiger partial charge in [-0.3, -0.25) is 9.59 Å². The van der Waals surface area contributed by atoms with Gasteiger partial charge in [0.2, 0.25) is 20.0 Å². The second-order valence-corrected chi connectivity index (χ2v) is 19.2. The summed E-state index contributed by atoms with van der Waals surface area (Å²) in [5.41, 5.74) is 2.93. The van der Waals surface area contributed by atoms with Gasteiger partial charge in [0.15, 0.2) is 0 Å². The monoisotopic (exact) mass is 802 g/mol. The number of hydrogen-bond donors (Lipinski definition) is 2. The zero-order chi connectivity index (χ0) is 40.4. The maximum absolute atomic E-state index is 13.3. The number of piperidine rings is 2. The average molecular weight is 803 g/mol. The highest BCUT2D eigenvalue weighted by Crippen LogP contribution is 2.36. The Morgan fingerprint density at radius 3 is 1.16 bits per heavy atom. The molecule has 12 nitrogen and oxygen atoms in total. The number of carbonyl (C=O) groups is 2. The van der Waals surface area contributed by atoms with Crippen LogP contribution in [0.3, 0.4) is 0 Å². The summed E-state index contributed by atoms with van der Waals surface area (Å²) in [5.74, 6) is 1.05. The second-order valence-electron chi connectivity index (χ2n) is 15.3. The number of nitrogens with zero attached hydrogens (tertiary/aromatic N) is 2. The molecule has 2 N–H and O–H groups in total. The molecule has 0 aromatic heterocycles. The number of sulfonamides is 2. The maximum Gasteiger partial charge on any atom is 0.255 e. The van der Waals surface area contributed by atoms with Gasteiger partial charge in [-0.05, 0) is 120 Å². The van der Waals surface area contributed by atoms with Crippen molar-refractivity contribution >= 4 is 43.2 Å². The lowest BCUT2D eigenvalue weighted by Gasteiger charge is -2.34. The van der Waals surface area contributed by atoms with E-state index in [2.05, 4.69) is 38.3 Å². The molecule has 14 heteroatoms. The minimum absolute atomic E-state index is 0.151. The molecule has 2 aliphatic rings. The average Bonchev–Trinajstić information content (AvgIpc) is 3.17. The highest BCUT2D eigenvalue weighted by molar-refractivity contribution is 7.89.